The van der Waals surface area contributed by atoms with E-state index in [4.69, 9.17) is 9.84 Å². The number of carbonyl (C=O) groups excluding carboxylic acids is 1. The first-order valence-corrected chi connectivity index (χ1v) is 3.97. The summed E-state index contributed by atoms with van der Waals surface area (Å²) in [7, 11) is 0. The second-order valence-corrected chi connectivity index (χ2v) is 2.96. The average Bonchev–Trinajstić information content (AvgIpc) is 2.07. The first-order chi connectivity index (χ1) is 6.06. The van der Waals surface area contributed by atoms with Crippen LogP contribution in [0.15, 0.2) is 24.0 Å². The van der Waals surface area contributed by atoms with Crippen molar-refractivity contribution in [3.63, 3.8) is 0 Å². The van der Waals surface area contributed by atoms with Gasteiger partial charge in [-0.2, -0.15) is 0 Å². The van der Waals surface area contributed by atoms with Crippen molar-refractivity contribution < 1.29 is 19.7 Å². The monoisotopic (exact) mass is 184 g/mol. The summed E-state index contributed by atoms with van der Waals surface area (Å²) in [6.45, 7) is 1.45. The van der Waals surface area contributed by atoms with Gasteiger partial charge in [0.05, 0.1) is 6.61 Å². The number of ketones is 1. The van der Waals surface area contributed by atoms with E-state index in [9.17, 15) is 9.90 Å². The minimum atomic E-state index is -1.49. The molecule has 0 heterocycles. The second kappa shape index (κ2) is 3.72. The van der Waals surface area contributed by atoms with E-state index in [0.717, 1.165) is 0 Å². The van der Waals surface area contributed by atoms with Crippen molar-refractivity contribution in [1.82, 2.24) is 0 Å². The molecule has 0 fully saturated rings. The van der Waals surface area contributed by atoms with Gasteiger partial charge in [-0.05, 0) is 25.2 Å². The van der Waals surface area contributed by atoms with Gasteiger partial charge in [0, 0.05) is 0 Å². The van der Waals surface area contributed by atoms with Crippen LogP contribution in [0.4, 0.5) is 0 Å². The van der Waals surface area contributed by atoms with E-state index in [1.807, 2.05) is 0 Å². The Kier molecular flexibility index (Phi) is 2.85. The highest BCUT2D eigenvalue weighted by molar-refractivity contribution is 5.99. The average molecular weight is 184 g/mol. The molecule has 72 valence electrons. The molecule has 1 unspecified atom stereocenters. The normalized spacial score (nSPS) is 27.3. The lowest BCUT2D eigenvalue weighted by Gasteiger charge is -2.20. The van der Waals surface area contributed by atoms with Gasteiger partial charge in [-0.1, -0.05) is 0 Å². The number of aliphatic hydroxyl groups is 2. The molecule has 0 bridgehead atoms. The van der Waals surface area contributed by atoms with E-state index in [0.29, 0.717) is 5.76 Å². The van der Waals surface area contributed by atoms with Crippen LogP contribution in [0.3, 0.4) is 0 Å². The predicted molar refractivity (Wildman–Crippen MR) is 45.9 cm³/mol. The SMILES string of the molecule is CC1(O)C=C(OCCO)C=CC1=O. The van der Waals surface area contributed by atoms with Crippen molar-refractivity contribution in [2.45, 2.75) is 12.5 Å². The summed E-state index contributed by atoms with van der Waals surface area (Å²) in [5.74, 6) is 0.0301. The predicted octanol–water partition coefficient (Wildman–Crippen LogP) is -0.231. The Morgan fingerprint density at radius 2 is 2.23 bits per heavy atom. The maximum Gasteiger partial charge on any atom is 0.191 e. The van der Waals surface area contributed by atoms with Gasteiger partial charge >= 0.3 is 0 Å². The maximum absolute atomic E-state index is 11.0. The van der Waals surface area contributed by atoms with Gasteiger partial charge in [0.1, 0.15) is 18.0 Å². The number of carbonyl (C=O) groups is 1. The van der Waals surface area contributed by atoms with Gasteiger partial charge in [0.2, 0.25) is 0 Å². The van der Waals surface area contributed by atoms with E-state index < -0.39 is 5.60 Å². The van der Waals surface area contributed by atoms with Gasteiger partial charge in [-0.3, -0.25) is 4.79 Å². The minimum absolute atomic E-state index is 0.0960. The van der Waals surface area contributed by atoms with Gasteiger partial charge in [0.15, 0.2) is 5.78 Å². The summed E-state index contributed by atoms with van der Waals surface area (Å²) in [6, 6.07) is 0. The Labute approximate surface area is 76.1 Å². The number of hydrogen-bond acceptors (Lipinski definition) is 4. The smallest absolute Gasteiger partial charge is 0.191 e. The Morgan fingerprint density at radius 1 is 1.54 bits per heavy atom. The molecule has 2 N–H and O–H groups in total. The van der Waals surface area contributed by atoms with E-state index >= 15 is 0 Å². The van der Waals surface area contributed by atoms with E-state index in [2.05, 4.69) is 0 Å². The highest BCUT2D eigenvalue weighted by Crippen LogP contribution is 2.18. The Hall–Kier alpha value is -1.13. The molecule has 0 radical (unpaired) electrons. The highest BCUT2D eigenvalue weighted by atomic mass is 16.5. The largest absolute Gasteiger partial charge is 0.491 e. The lowest BCUT2D eigenvalue weighted by atomic mass is 9.96. The van der Waals surface area contributed by atoms with Crippen LogP contribution in [0, 0.1) is 0 Å². The maximum atomic E-state index is 11.0. The molecule has 0 amide bonds. The van der Waals surface area contributed by atoms with Crippen LogP contribution in [0.25, 0.3) is 0 Å². The lowest BCUT2D eigenvalue weighted by Crippen LogP contribution is -2.33. The van der Waals surface area contributed by atoms with Crippen molar-refractivity contribution in [2.75, 3.05) is 13.2 Å². The summed E-state index contributed by atoms with van der Waals surface area (Å²) in [5, 5.41) is 18.0. The number of hydrogen-bond donors (Lipinski definition) is 2. The molecule has 0 spiro atoms. The molecule has 0 aliphatic heterocycles. The zero-order chi connectivity index (χ0) is 9.90. The molecule has 0 aromatic heterocycles. The van der Waals surface area contributed by atoms with E-state index in [-0.39, 0.29) is 19.0 Å². The van der Waals surface area contributed by atoms with Crippen molar-refractivity contribution in [3.8, 4) is 0 Å². The molecule has 4 heteroatoms. The first-order valence-electron chi connectivity index (χ1n) is 3.97. The van der Waals surface area contributed by atoms with Crippen LogP contribution in [-0.4, -0.2) is 34.8 Å². The molecule has 13 heavy (non-hydrogen) atoms. The fourth-order valence-corrected chi connectivity index (χ4v) is 0.976. The molecule has 0 saturated carbocycles. The molecule has 1 aliphatic carbocycles. The minimum Gasteiger partial charge on any atom is -0.491 e. The molecule has 1 aliphatic rings. The third-order valence-corrected chi connectivity index (χ3v) is 1.68. The third-order valence-electron chi connectivity index (χ3n) is 1.68. The zero-order valence-electron chi connectivity index (χ0n) is 7.36. The molecular weight excluding hydrogens is 172 g/mol. The van der Waals surface area contributed by atoms with Crippen LogP contribution in [0.2, 0.25) is 0 Å². The van der Waals surface area contributed by atoms with Crippen LogP contribution in [0.5, 0.6) is 0 Å². The van der Waals surface area contributed by atoms with Crippen molar-refractivity contribution in [3.05, 3.63) is 24.0 Å². The summed E-state index contributed by atoms with van der Waals surface area (Å²) in [6.07, 6.45) is 4.05. The molecule has 4 nitrogen and oxygen atoms in total. The van der Waals surface area contributed by atoms with Crippen LogP contribution < -0.4 is 0 Å². The van der Waals surface area contributed by atoms with E-state index in [1.165, 1.54) is 25.2 Å². The topological polar surface area (TPSA) is 66.8 Å². The summed E-state index contributed by atoms with van der Waals surface area (Å²) in [5.41, 5.74) is -1.49. The van der Waals surface area contributed by atoms with E-state index in [1.54, 1.807) is 0 Å². The highest BCUT2D eigenvalue weighted by Gasteiger charge is 2.28. The van der Waals surface area contributed by atoms with Crippen LogP contribution in [0.1, 0.15) is 6.92 Å². The third kappa shape index (κ3) is 2.40. The fraction of sp³-hybridized carbons (Fsp3) is 0.444. The number of aliphatic hydroxyl groups excluding tert-OH is 1. The molecular formula is C9H12O4. The Balaban J connectivity index is 2.68. The molecule has 1 atom stereocenters. The second-order valence-electron chi connectivity index (χ2n) is 2.96. The van der Waals surface area contributed by atoms with Gasteiger partial charge in [-0.25, -0.2) is 0 Å². The Bertz CT molecular complexity index is 263. The summed E-state index contributed by atoms with van der Waals surface area (Å²) in [4.78, 5) is 11.0. The molecule has 1 rings (SSSR count). The fourth-order valence-electron chi connectivity index (χ4n) is 0.976. The first kappa shape index (κ1) is 9.95. The van der Waals surface area contributed by atoms with Crippen LogP contribution >= 0.6 is 0 Å². The molecule has 0 aromatic carbocycles. The molecule has 0 aromatic rings. The van der Waals surface area contributed by atoms with Gasteiger partial charge in [-0.15, -0.1) is 0 Å². The Morgan fingerprint density at radius 3 is 2.77 bits per heavy atom. The standard InChI is InChI=1S/C9H12O4/c1-9(12)6-7(13-5-4-10)2-3-8(9)11/h2-3,6,10,12H,4-5H2,1H3. The summed E-state index contributed by atoms with van der Waals surface area (Å²) >= 11 is 0. The van der Waals surface area contributed by atoms with Gasteiger partial charge < -0.3 is 14.9 Å². The van der Waals surface area contributed by atoms with Crippen molar-refractivity contribution >= 4 is 5.78 Å². The zero-order valence-corrected chi connectivity index (χ0v) is 7.36. The van der Waals surface area contributed by atoms with Crippen molar-refractivity contribution in [1.29, 1.82) is 0 Å². The number of ether oxygens (including phenoxy) is 1. The van der Waals surface area contributed by atoms with Gasteiger partial charge in [0.25, 0.3) is 0 Å². The quantitative estimate of drug-likeness (QED) is 0.635. The van der Waals surface area contributed by atoms with Crippen molar-refractivity contribution in [2.24, 2.45) is 0 Å². The molecule has 0 saturated heterocycles. The van der Waals surface area contributed by atoms with Crippen LogP contribution in [-0.2, 0) is 9.53 Å². The summed E-state index contributed by atoms with van der Waals surface area (Å²) < 4.78 is 5.03. The number of allylic oxidation sites excluding steroid dienone is 1. The lowest BCUT2D eigenvalue weighted by molar-refractivity contribution is -0.127. The number of rotatable bonds is 3.